The van der Waals surface area contributed by atoms with Crippen LogP contribution in [0.5, 0.6) is 0 Å². The second-order valence-electron chi connectivity index (χ2n) is 6.77. The minimum Gasteiger partial charge on any atom is -0.343 e. The molecule has 3 amide bonds. The van der Waals surface area contributed by atoms with Crippen molar-refractivity contribution in [2.45, 2.75) is 25.4 Å². The van der Waals surface area contributed by atoms with Crippen molar-refractivity contribution in [2.24, 2.45) is 5.92 Å². The molecule has 3 fully saturated rings. The molecule has 3 aliphatic rings. The summed E-state index contributed by atoms with van der Waals surface area (Å²) in [5, 5.41) is 5.80. The molecule has 1 aromatic carbocycles. The molecule has 4 atom stereocenters. The summed E-state index contributed by atoms with van der Waals surface area (Å²) in [6.45, 7) is 3.67. The summed E-state index contributed by atoms with van der Waals surface area (Å²) >= 11 is 0. The van der Waals surface area contributed by atoms with Crippen LogP contribution in [0, 0.1) is 11.7 Å². The number of hydrogen-bond acceptors (Lipinski definition) is 5. The smallest absolute Gasteiger partial charge is 0.325 e. The SMILES string of the molecule is CC1CN(c2ccc(F)cc2)C2NC3C(C(=O)NC(=O)N3C)N2C1. The first-order chi connectivity index (χ1) is 11.5. The summed E-state index contributed by atoms with van der Waals surface area (Å²) in [6, 6.07) is 5.53. The molecule has 3 heterocycles. The quantitative estimate of drug-likeness (QED) is 0.776. The molecule has 2 N–H and O–H groups in total. The highest BCUT2D eigenvalue weighted by atomic mass is 19.1. The molecule has 7 nitrogen and oxygen atoms in total. The molecular weight excluding hydrogens is 313 g/mol. The molecule has 1 aromatic rings. The van der Waals surface area contributed by atoms with Gasteiger partial charge in [0, 0.05) is 25.8 Å². The lowest BCUT2D eigenvalue weighted by atomic mass is 10.0. The summed E-state index contributed by atoms with van der Waals surface area (Å²) in [5.74, 6) is -0.215. The van der Waals surface area contributed by atoms with Crippen molar-refractivity contribution in [3.63, 3.8) is 0 Å². The van der Waals surface area contributed by atoms with Gasteiger partial charge in [-0.2, -0.15) is 0 Å². The Morgan fingerprint density at radius 2 is 1.88 bits per heavy atom. The van der Waals surface area contributed by atoms with Crippen molar-refractivity contribution in [1.82, 2.24) is 20.4 Å². The minimum absolute atomic E-state index is 0.208. The van der Waals surface area contributed by atoms with Gasteiger partial charge in [0.05, 0.1) is 0 Å². The van der Waals surface area contributed by atoms with Crippen LogP contribution in [0.3, 0.4) is 0 Å². The van der Waals surface area contributed by atoms with Gasteiger partial charge < -0.3 is 9.80 Å². The van der Waals surface area contributed by atoms with E-state index in [9.17, 15) is 14.0 Å². The zero-order valence-electron chi connectivity index (χ0n) is 13.6. The van der Waals surface area contributed by atoms with Gasteiger partial charge in [0.25, 0.3) is 0 Å². The van der Waals surface area contributed by atoms with Crippen molar-refractivity contribution in [2.75, 3.05) is 25.0 Å². The first-order valence-electron chi connectivity index (χ1n) is 8.07. The number of halogens is 1. The number of hydrogen-bond donors (Lipinski definition) is 2. The summed E-state index contributed by atoms with van der Waals surface area (Å²) in [4.78, 5) is 30.0. The molecule has 0 spiro atoms. The Bertz CT molecular complexity index is 682. The van der Waals surface area contributed by atoms with Gasteiger partial charge >= 0.3 is 6.03 Å². The van der Waals surface area contributed by atoms with E-state index in [0.717, 1.165) is 18.8 Å². The highest BCUT2D eigenvalue weighted by Gasteiger charge is 2.54. The third-order valence-electron chi connectivity index (χ3n) is 5.01. The first kappa shape index (κ1) is 15.3. The van der Waals surface area contributed by atoms with Crippen LogP contribution in [0.1, 0.15) is 6.92 Å². The van der Waals surface area contributed by atoms with Crippen LogP contribution >= 0.6 is 0 Å². The van der Waals surface area contributed by atoms with Crippen LogP contribution < -0.4 is 15.5 Å². The molecule has 0 bridgehead atoms. The van der Waals surface area contributed by atoms with Crippen molar-refractivity contribution >= 4 is 17.6 Å². The van der Waals surface area contributed by atoms with Crippen LogP contribution in [-0.4, -0.2) is 60.4 Å². The molecule has 4 unspecified atom stereocenters. The van der Waals surface area contributed by atoms with Gasteiger partial charge in [0.1, 0.15) is 24.3 Å². The van der Waals surface area contributed by atoms with Crippen molar-refractivity contribution in [1.29, 1.82) is 0 Å². The molecule has 8 heteroatoms. The number of nitrogens with zero attached hydrogens (tertiary/aromatic N) is 3. The molecule has 3 saturated heterocycles. The van der Waals surface area contributed by atoms with E-state index in [1.165, 1.54) is 17.0 Å². The Morgan fingerprint density at radius 3 is 2.58 bits per heavy atom. The number of imide groups is 1. The van der Waals surface area contributed by atoms with Gasteiger partial charge in [-0.1, -0.05) is 6.92 Å². The number of benzene rings is 1. The number of amides is 3. The number of fused-ring (bicyclic) bond motifs is 3. The topological polar surface area (TPSA) is 67.9 Å². The van der Waals surface area contributed by atoms with Crippen molar-refractivity contribution < 1.29 is 14.0 Å². The van der Waals surface area contributed by atoms with Crippen molar-refractivity contribution in [3.8, 4) is 0 Å². The van der Waals surface area contributed by atoms with Crippen LogP contribution in [0.25, 0.3) is 0 Å². The number of carbonyl (C=O) groups excluding carboxylic acids is 2. The lowest BCUT2D eigenvalue weighted by Crippen LogP contribution is -2.65. The fourth-order valence-corrected chi connectivity index (χ4v) is 3.90. The van der Waals surface area contributed by atoms with Gasteiger partial charge in [-0.25, -0.2) is 9.18 Å². The van der Waals surface area contributed by atoms with Gasteiger partial charge in [-0.05, 0) is 30.2 Å². The van der Waals surface area contributed by atoms with E-state index in [1.807, 2.05) is 0 Å². The standard InChI is InChI=1S/C16H20FN5O2/c1-9-7-21(11-5-3-10(17)4-6-11)15-18-13-12(22(15)8-9)14(23)19-16(24)20(13)2/h3-6,9,12-13,15,18H,7-8H2,1-2H3,(H,19,23,24). The minimum atomic E-state index is -0.427. The van der Waals surface area contributed by atoms with E-state index >= 15 is 0 Å². The molecule has 0 aromatic heterocycles. The van der Waals surface area contributed by atoms with E-state index in [-0.39, 0.29) is 24.2 Å². The predicted molar refractivity (Wildman–Crippen MR) is 85.4 cm³/mol. The lowest BCUT2D eigenvalue weighted by Gasteiger charge is -2.45. The molecule has 0 aliphatic carbocycles. The average molecular weight is 333 g/mol. The van der Waals surface area contributed by atoms with Crippen molar-refractivity contribution in [3.05, 3.63) is 30.1 Å². The zero-order chi connectivity index (χ0) is 17.0. The summed E-state index contributed by atoms with van der Waals surface area (Å²) in [7, 11) is 1.68. The third kappa shape index (κ3) is 2.25. The normalized spacial score (nSPS) is 33.3. The molecule has 24 heavy (non-hydrogen) atoms. The Morgan fingerprint density at radius 1 is 1.17 bits per heavy atom. The Hall–Kier alpha value is -2.19. The van der Waals surface area contributed by atoms with Gasteiger partial charge in [0.15, 0.2) is 0 Å². The average Bonchev–Trinajstić information content (AvgIpc) is 2.92. The number of rotatable bonds is 1. The summed E-state index contributed by atoms with van der Waals surface area (Å²) in [6.07, 6.45) is -0.578. The van der Waals surface area contributed by atoms with Crippen LogP contribution in [0.15, 0.2) is 24.3 Å². The number of likely N-dealkylation sites (N-methyl/N-ethyl adjacent to an activating group) is 1. The van der Waals surface area contributed by atoms with E-state index in [2.05, 4.69) is 27.4 Å². The molecular formula is C16H20FN5O2. The van der Waals surface area contributed by atoms with Crippen LogP contribution in [0.2, 0.25) is 0 Å². The maximum atomic E-state index is 13.2. The maximum Gasteiger partial charge on any atom is 0.325 e. The first-order valence-corrected chi connectivity index (χ1v) is 8.07. The van der Waals surface area contributed by atoms with Gasteiger partial charge in [-0.15, -0.1) is 0 Å². The molecule has 0 radical (unpaired) electrons. The Labute approximate surface area is 139 Å². The van der Waals surface area contributed by atoms with E-state index in [0.29, 0.717) is 5.92 Å². The number of carbonyl (C=O) groups is 2. The number of nitrogens with one attached hydrogen (secondary N) is 2. The van der Waals surface area contributed by atoms with Crippen LogP contribution in [-0.2, 0) is 4.79 Å². The monoisotopic (exact) mass is 333 g/mol. The predicted octanol–water partition coefficient (Wildman–Crippen LogP) is 0.347. The van der Waals surface area contributed by atoms with Crippen LogP contribution in [0.4, 0.5) is 14.9 Å². The molecule has 3 aliphatic heterocycles. The largest absolute Gasteiger partial charge is 0.343 e. The highest BCUT2D eigenvalue weighted by molar-refractivity contribution is 6.00. The number of urea groups is 1. The molecule has 0 saturated carbocycles. The Kier molecular flexibility index (Phi) is 3.47. The van der Waals surface area contributed by atoms with E-state index in [4.69, 9.17) is 0 Å². The fourth-order valence-electron chi connectivity index (χ4n) is 3.90. The van der Waals surface area contributed by atoms with E-state index in [1.54, 1.807) is 19.2 Å². The second-order valence-corrected chi connectivity index (χ2v) is 6.77. The zero-order valence-corrected chi connectivity index (χ0v) is 13.6. The summed E-state index contributed by atoms with van der Waals surface area (Å²) < 4.78 is 13.2. The lowest BCUT2D eigenvalue weighted by molar-refractivity contribution is -0.128. The molecule has 4 rings (SSSR count). The fraction of sp³-hybridized carbons (Fsp3) is 0.500. The van der Waals surface area contributed by atoms with Gasteiger partial charge in [-0.3, -0.25) is 20.3 Å². The second kappa shape index (κ2) is 5.42. The highest BCUT2D eigenvalue weighted by Crippen LogP contribution is 2.32. The Balaban J connectivity index is 1.69. The maximum absolute atomic E-state index is 13.2. The molecule has 128 valence electrons. The third-order valence-corrected chi connectivity index (χ3v) is 5.01. The van der Waals surface area contributed by atoms with E-state index < -0.39 is 12.1 Å². The number of anilines is 1. The summed E-state index contributed by atoms with van der Waals surface area (Å²) in [5.41, 5.74) is 0.887. The van der Waals surface area contributed by atoms with Gasteiger partial charge in [0.2, 0.25) is 5.91 Å².